The van der Waals surface area contributed by atoms with Gasteiger partial charge in [-0.1, -0.05) is 30.7 Å². The molecule has 1 aliphatic carbocycles. The Kier molecular flexibility index (Phi) is 4.57. The smallest absolute Gasteiger partial charge is 0.0483 e. The van der Waals surface area contributed by atoms with E-state index in [2.05, 4.69) is 24.3 Å². The summed E-state index contributed by atoms with van der Waals surface area (Å²) in [4.78, 5) is 0. The van der Waals surface area contributed by atoms with Gasteiger partial charge in [0.2, 0.25) is 0 Å². The Morgan fingerprint density at radius 1 is 1.41 bits per heavy atom. The van der Waals surface area contributed by atoms with Crippen LogP contribution in [-0.4, -0.2) is 13.2 Å². The zero-order valence-corrected chi connectivity index (χ0v) is 10.7. The highest BCUT2D eigenvalue weighted by atomic mass is 16.5. The van der Waals surface area contributed by atoms with Crippen molar-refractivity contribution in [2.75, 3.05) is 13.2 Å². The molecule has 1 fully saturated rings. The summed E-state index contributed by atoms with van der Waals surface area (Å²) in [6, 6.07) is 8.92. The van der Waals surface area contributed by atoms with E-state index in [1.807, 2.05) is 6.92 Å². The predicted octanol–water partition coefficient (Wildman–Crippen LogP) is 3.38. The van der Waals surface area contributed by atoms with Crippen LogP contribution in [0.1, 0.15) is 55.7 Å². The Bertz CT molecular complexity index is 347. The van der Waals surface area contributed by atoms with Gasteiger partial charge in [-0.2, -0.15) is 0 Å². The first kappa shape index (κ1) is 12.6. The topological polar surface area (TPSA) is 35.2 Å². The van der Waals surface area contributed by atoms with Gasteiger partial charge in [0, 0.05) is 19.3 Å². The summed E-state index contributed by atoms with van der Waals surface area (Å²) in [7, 11) is 0. The van der Waals surface area contributed by atoms with E-state index < -0.39 is 0 Å². The van der Waals surface area contributed by atoms with Crippen molar-refractivity contribution >= 4 is 0 Å². The lowest BCUT2D eigenvalue weighted by Gasteiger charge is -2.26. The number of benzene rings is 1. The van der Waals surface area contributed by atoms with Gasteiger partial charge in [0.1, 0.15) is 0 Å². The second-order valence-corrected chi connectivity index (χ2v) is 4.89. The van der Waals surface area contributed by atoms with Gasteiger partial charge in [0.15, 0.2) is 0 Å². The monoisotopic (exact) mass is 233 g/mol. The molecule has 2 heteroatoms. The predicted molar refractivity (Wildman–Crippen MR) is 71.1 cm³/mol. The van der Waals surface area contributed by atoms with Gasteiger partial charge < -0.3 is 10.5 Å². The highest BCUT2D eigenvalue weighted by Gasteiger charge is 2.19. The molecule has 1 atom stereocenters. The minimum absolute atomic E-state index is 0.113. The lowest BCUT2D eigenvalue weighted by molar-refractivity contribution is 0.140. The molecule has 2 rings (SSSR count). The summed E-state index contributed by atoms with van der Waals surface area (Å²) in [5.41, 5.74) is 8.92. The first-order chi connectivity index (χ1) is 8.31. The van der Waals surface area contributed by atoms with Gasteiger partial charge in [-0.3, -0.25) is 0 Å². The number of nitrogens with two attached hydrogens (primary N) is 1. The van der Waals surface area contributed by atoms with Gasteiger partial charge in [0.05, 0.1) is 0 Å². The van der Waals surface area contributed by atoms with E-state index >= 15 is 0 Å². The summed E-state index contributed by atoms with van der Waals surface area (Å²) >= 11 is 0. The standard InChI is InChI=1S/C15H23NO/c1-2-17-10-9-15(16)14-8-4-7-13(11-14)12-5-3-6-12/h4,7-8,11-12,15H,2-3,5-6,9-10,16H2,1H3. The second kappa shape index (κ2) is 6.18. The van der Waals surface area contributed by atoms with Crippen molar-refractivity contribution in [3.8, 4) is 0 Å². The van der Waals surface area contributed by atoms with Crippen molar-refractivity contribution < 1.29 is 4.74 Å². The fourth-order valence-electron chi connectivity index (χ4n) is 2.31. The normalized spacial score (nSPS) is 17.8. The largest absolute Gasteiger partial charge is 0.382 e. The highest BCUT2D eigenvalue weighted by Crippen LogP contribution is 2.36. The molecular formula is C15H23NO. The zero-order valence-electron chi connectivity index (χ0n) is 10.7. The molecule has 0 heterocycles. The average molecular weight is 233 g/mol. The molecule has 0 bridgehead atoms. The van der Waals surface area contributed by atoms with Crippen molar-refractivity contribution in [3.05, 3.63) is 35.4 Å². The number of ether oxygens (including phenoxy) is 1. The highest BCUT2D eigenvalue weighted by molar-refractivity contribution is 5.29. The van der Waals surface area contributed by atoms with Crippen molar-refractivity contribution in [2.45, 2.75) is 44.6 Å². The third kappa shape index (κ3) is 3.30. The maximum Gasteiger partial charge on any atom is 0.0483 e. The summed E-state index contributed by atoms with van der Waals surface area (Å²) in [6.45, 7) is 3.54. The maximum absolute atomic E-state index is 6.18. The van der Waals surface area contributed by atoms with Crippen LogP contribution in [0.15, 0.2) is 24.3 Å². The minimum atomic E-state index is 0.113. The summed E-state index contributed by atoms with van der Waals surface area (Å²) in [6.07, 6.45) is 4.97. The molecule has 1 aromatic carbocycles. The van der Waals surface area contributed by atoms with Gasteiger partial charge in [-0.25, -0.2) is 0 Å². The molecule has 1 saturated carbocycles. The molecule has 0 spiro atoms. The van der Waals surface area contributed by atoms with Crippen LogP contribution in [0.3, 0.4) is 0 Å². The van der Waals surface area contributed by atoms with Crippen molar-refractivity contribution in [1.29, 1.82) is 0 Å². The number of rotatable bonds is 6. The zero-order chi connectivity index (χ0) is 12.1. The molecule has 0 saturated heterocycles. The Morgan fingerprint density at radius 2 is 2.24 bits per heavy atom. The Morgan fingerprint density at radius 3 is 2.88 bits per heavy atom. The van der Waals surface area contributed by atoms with Crippen LogP contribution < -0.4 is 5.73 Å². The summed E-state index contributed by atoms with van der Waals surface area (Å²) in [5, 5.41) is 0. The van der Waals surface area contributed by atoms with Crippen molar-refractivity contribution in [1.82, 2.24) is 0 Å². The van der Waals surface area contributed by atoms with E-state index in [0.717, 1.165) is 25.6 Å². The molecule has 0 aromatic heterocycles. The van der Waals surface area contributed by atoms with Crippen LogP contribution >= 0.6 is 0 Å². The molecule has 17 heavy (non-hydrogen) atoms. The third-order valence-corrected chi connectivity index (χ3v) is 3.69. The van der Waals surface area contributed by atoms with Crippen molar-refractivity contribution in [2.24, 2.45) is 5.73 Å². The first-order valence-corrected chi connectivity index (χ1v) is 6.74. The van der Waals surface area contributed by atoms with E-state index in [9.17, 15) is 0 Å². The Hall–Kier alpha value is -0.860. The molecule has 0 radical (unpaired) electrons. The average Bonchev–Trinajstić information content (AvgIpc) is 2.27. The van der Waals surface area contributed by atoms with E-state index in [0.29, 0.717) is 0 Å². The molecule has 0 aliphatic heterocycles. The molecule has 1 aromatic rings. The molecule has 2 nitrogen and oxygen atoms in total. The van der Waals surface area contributed by atoms with Crippen LogP contribution in [0.25, 0.3) is 0 Å². The fraction of sp³-hybridized carbons (Fsp3) is 0.600. The van der Waals surface area contributed by atoms with Gasteiger partial charge in [-0.15, -0.1) is 0 Å². The number of hydrogen-bond acceptors (Lipinski definition) is 2. The van der Waals surface area contributed by atoms with Crippen LogP contribution in [-0.2, 0) is 4.74 Å². The molecule has 1 unspecified atom stereocenters. The van der Waals surface area contributed by atoms with E-state index in [1.165, 1.54) is 30.4 Å². The molecule has 94 valence electrons. The van der Waals surface area contributed by atoms with E-state index in [4.69, 9.17) is 10.5 Å². The lowest BCUT2D eigenvalue weighted by atomic mass is 9.79. The van der Waals surface area contributed by atoms with Crippen LogP contribution in [0.4, 0.5) is 0 Å². The SMILES string of the molecule is CCOCCC(N)c1cccc(C2CCC2)c1. The van der Waals surface area contributed by atoms with E-state index in [-0.39, 0.29) is 6.04 Å². The van der Waals surface area contributed by atoms with Crippen LogP contribution in [0, 0.1) is 0 Å². The quantitative estimate of drug-likeness (QED) is 0.764. The van der Waals surface area contributed by atoms with Gasteiger partial charge in [-0.05, 0) is 43.2 Å². The number of hydrogen-bond donors (Lipinski definition) is 1. The van der Waals surface area contributed by atoms with Gasteiger partial charge >= 0.3 is 0 Å². The fourth-order valence-corrected chi connectivity index (χ4v) is 2.31. The molecule has 0 amide bonds. The maximum atomic E-state index is 6.18. The molecular weight excluding hydrogens is 210 g/mol. The second-order valence-electron chi connectivity index (χ2n) is 4.89. The summed E-state index contributed by atoms with van der Waals surface area (Å²) < 4.78 is 5.36. The van der Waals surface area contributed by atoms with E-state index in [1.54, 1.807) is 0 Å². The first-order valence-electron chi connectivity index (χ1n) is 6.74. The van der Waals surface area contributed by atoms with Crippen LogP contribution in [0.2, 0.25) is 0 Å². The van der Waals surface area contributed by atoms with Gasteiger partial charge in [0.25, 0.3) is 0 Å². The molecule has 2 N–H and O–H groups in total. The Labute approximate surface area is 104 Å². The Balaban J connectivity index is 1.94. The van der Waals surface area contributed by atoms with Crippen LogP contribution in [0.5, 0.6) is 0 Å². The van der Waals surface area contributed by atoms with Crippen molar-refractivity contribution in [3.63, 3.8) is 0 Å². The summed E-state index contributed by atoms with van der Waals surface area (Å²) in [5.74, 6) is 0.786. The lowest BCUT2D eigenvalue weighted by Crippen LogP contribution is -2.15. The minimum Gasteiger partial charge on any atom is -0.382 e. The third-order valence-electron chi connectivity index (χ3n) is 3.69. The molecule has 1 aliphatic rings.